The zero-order valence-electron chi connectivity index (χ0n) is 21.2. The van der Waals surface area contributed by atoms with Crippen LogP contribution in [-0.4, -0.2) is 46.7 Å². The number of carbonyl (C=O) groups excluding carboxylic acids is 2. The van der Waals surface area contributed by atoms with Gasteiger partial charge in [-0.2, -0.15) is 0 Å². The Balaban J connectivity index is 5.56. The predicted molar refractivity (Wildman–Crippen MR) is 125 cm³/mol. The second-order valence-electron chi connectivity index (χ2n) is 12.1. The second kappa shape index (κ2) is 9.75. The summed E-state index contributed by atoms with van der Waals surface area (Å²) in [7, 11) is -4.26. The van der Waals surface area contributed by atoms with Gasteiger partial charge in [0.2, 0.25) is 0 Å². The van der Waals surface area contributed by atoms with Gasteiger partial charge in [-0.3, -0.25) is 4.79 Å². The van der Waals surface area contributed by atoms with Crippen molar-refractivity contribution in [1.82, 2.24) is 0 Å². The van der Waals surface area contributed by atoms with Gasteiger partial charge < -0.3 is 18.4 Å². The number of aldehydes is 1. The quantitative estimate of drug-likeness (QED) is 0.244. The first-order chi connectivity index (χ1) is 12.6. The molecular formula is C22H46O5Si2. The molecule has 7 heteroatoms. The minimum atomic E-state index is -2.14. The molecule has 0 aromatic heterocycles. The summed E-state index contributed by atoms with van der Waals surface area (Å²) in [6.07, 6.45) is 0.340. The summed E-state index contributed by atoms with van der Waals surface area (Å²) in [6.45, 7) is 27.0. The molecule has 0 N–H and O–H groups in total. The zero-order valence-corrected chi connectivity index (χ0v) is 23.2. The van der Waals surface area contributed by atoms with Crippen LogP contribution in [0.3, 0.4) is 0 Å². The molecule has 0 fully saturated rings. The van der Waals surface area contributed by atoms with E-state index in [4.69, 9.17) is 13.6 Å². The van der Waals surface area contributed by atoms with E-state index >= 15 is 0 Å². The molecule has 0 aromatic carbocycles. The van der Waals surface area contributed by atoms with Crippen LogP contribution in [0.4, 0.5) is 0 Å². The van der Waals surface area contributed by atoms with Gasteiger partial charge in [-0.05, 0) is 57.0 Å². The summed E-state index contributed by atoms with van der Waals surface area (Å²) in [5.41, 5.74) is -0.555. The van der Waals surface area contributed by atoms with Crippen molar-refractivity contribution in [1.29, 1.82) is 0 Å². The molecule has 0 aliphatic heterocycles. The molecule has 5 nitrogen and oxygen atoms in total. The Hall–Kier alpha value is -0.506. The molecule has 0 unspecified atom stereocenters. The van der Waals surface area contributed by atoms with Crippen LogP contribution in [-0.2, 0) is 23.2 Å². The van der Waals surface area contributed by atoms with Crippen molar-refractivity contribution in [3.8, 4) is 0 Å². The van der Waals surface area contributed by atoms with Gasteiger partial charge in [-0.15, -0.1) is 0 Å². The van der Waals surface area contributed by atoms with Gasteiger partial charge in [0.1, 0.15) is 18.0 Å². The maximum atomic E-state index is 12.5. The molecule has 0 saturated heterocycles. The Morgan fingerprint density at radius 2 is 1.24 bits per heavy atom. The lowest BCUT2D eigenvalue weighted by atomic mass is 10.1. The zero-order chi connectivity index (χ0) is 23.5. The highest BCUT2D eigenvalue weighted by molar-refractivity contribution is 6.74. The van der Waals surface area contributed by atoms with Gasteiger partial charge in [-0.25, -0.2) is 0 Å². The van der Waals surface area contributed by atoms with Crippen molar-refractivity contribution < 1.29 is 23.2 Å². The molecule has 0 heterocycles. The summed E-state index contributed by atoms with van der Waals surface area (Å²) < 4.78 is 18.4. The van der Waals surface area contributed by atoms with Crippen LogP contribution >= 0.6 is 0 Å². The molecule has 0 rings (SSSR count). The van der Waals surface area contributed by atoms with Gasteiger partial charge in [0.15, 0.2) is 16.6 Å². The van der Waals surface area contributed by atoms with Crippen LogP contribution in [0.25, 0.3) is 0 Å². The van der Waals surface area contributed by atoms with Gasteiger partial charge in [0.25, 0.3) is 0 Å². The van der Waals surface area contributed by atoms with Crippen molar-refractivity contribution >= 4 is 28.9 Å². The average Bonchev–Trinajstić information content (AvgIpc) is 2.40. The van der Waals surface area contributed by atoms with E-state index in [9.17, 15) is 9.59 Å². The highest BCUT2D eigenvalue weighted by Crippen LogP contribution is 2.40. The first-order valence-corrected chi connectivity index (χ1v) is 16.5. The summed E-state index contributed by atoms with van der Waals surface area (Å²) in [5.74, 6) is -0.307. The maximum Gasteiger partial charge on any atom is 0.308 e. The van der Waals surface area contributed by atoms with E-state index in [1.165, 1.54) is 0 Å². The third-order valence-electron chi connectivity index (χ3n) is 5.98. The minimum absolute atomic E-state index is 0.00382. The van der Waals surface area contributed by atoms with Crippen LogP contribution in [0.1, 0.15) is 75.2 Å². The van der Waals surface area contributed by atoms with E-state index < -0.39 is 34.4 Å². The van der Waals surface area contributed by atoms with Gasteiger partial charge in [0, 0.05) is 6.42 Å². The molecule has 0 radical (unpaired) electrons. The van der Waals surface area contributed by atoms with Crippen molar-refractivity contribution in [2.75, 3.05) is 0 Å². The first-order valence-electron chi connectivity index (χ1n) is 10.6. The largest absolute Gasteiger partial charge is 0.460 e. The maximum absolute atomic E-state index is 12.5. The van der Waals surface area contributed by atoms with Crippen molar-refractivity contribution in [2.45, 2.75) is 129 Å². The smallest absolute Gasteiger partial charge is 0.308 e. The van der Waals surface area contributed by atoms with E-state index in [-0.39, 0.29) is 22.5 Å². The minimum Gasteiger partial charge on any atom is -0.460 e. The summed E-state index contributed by atoms with van der Waals surface area (Å²) >= 11 is 0. The Kier molecular flexibility index (Phi) is 9.58. The molecule has 0 aromatic rings. The third kappa shape index (κ3) is 9.90. The molecule has 0 aliphatic rings. The van der Waals surface area contributed by atoms with E-state index in [1.54, 1.807) is 0 Å². The average molecular weight is 447 g/mol. The van der Waals surface area contributed by atoms with E-state index in [1.807, 2.05) is 20.8 Å². The second-order valence-corrected chi connectivity index (χ2v) is 21.6. The van der Waals surface area contributed by atoms with E-state index in [0.717, 1.165) is 6.29 Å². The molecule has 29 heavy (non-hydrogen) atoms. The van der Waals surface area contributed by atoms with Crippen LogP contribution in [0.2, 0.25) is 36.3 Å². The van der Waals surface area contributed by atoms with Gasteiger partial charge >= 0.3 is 5.97 Å². The molecule has 0 aliphatic carbocycles. The fourth-order valence-corrected chi connectivity index (χ4v) is 4.91. The Labute approximate surface area is 181 Å². The standard InChI is InChI=1S/C22H46O5Si2/c1-20(2,3)25-19(24)15-17(26-28(10,11)21(4,5)6)14-18(16-23)27-29(12,13)22(7,8)9/h16-18H,14-15H2,1-13H3/t17-,18+/m0/s1. The van der Waals surface area contributed by atoms with Crippen LogP contribution in [0.15, 0.2) is 0 Å². The van der Waals surface area contributed by atoms with Gasteiger partial charge in [-0.1, -0.05) is 41.5 Å². The first kappa shape index (κ1) is 28.5. The van der Waals surface area contributed by atoms with Crippen molar-refractivity contribution in [3.63, 3.8) is 0 Å². The molecule has 2 atom stereocenters. The van der Waals surface area contributed by atoms with Crippen LogP contribution in [0.5, 0.6) is 0 Å². The summed E-state index contributed by atoms with van der Waals surface area (Å²) in [5, 5.41) is -0.00858. The monoisotopic (exact) mass is 446 g/mol. The highest BCUT2D eigenvalue weighted by atomic mass is 28.4. The number of esters is 1. The van der Waals surface area contributed by atoms with E-state index in [2.05, 4.69) is 67.7 Å². The lowest BCUT2D eigenvalue weighted by Gasteiger charge is -2.41. The Bertz CT molecular complexity index is 551. The highest BCUT2D eigenvalue weighted by Gasteiger charge is 2.42. The van der Waals surface area contributed by atoms with Crippen molar-refractivity contribution in [3.05, 3.63) is 0 Å². The molecular weight excluding hydrogens is 400 g/mol. The SMILES string of the molecule is CC(C)(C)OC(=O)C[C@H](C[C@H](C=O)O[Si](C)(C)C(C)(C)C)O[Si](C)(C)C(C)(C)C. The molecule has 0 spiro atoms. The normalized spacial score (nSPS) is 16.3. The topological polar surface area (TPSA) is 61.8 Å². The molecule has 172 valence electrons. The number of hydrogen-bond acceptors (Lipinski definition) is 5. The van der Waals surface area contributed by atoms with E-state index in [0.29, 0.717) is 6.42 Å². The number of carbonyl (C=O) groups is 2. The Morgan fingerprint density at radius 3 is 1.59 bits per heavy atom. The lowest BCUT2D eigenvalue weighted by Crippen LogP contribution is -2.48. The number of rotatable bonds is 9. The molecule has 0 saturated carbocycles. The number of ether oxygens (including phenoxy) is 1. The Morgan fingerprint density at radius 1 is 0.828 bits per heavy atom. The molecule has 0 bridgehead atoms. The predicted octanol–water partition coefficient (Wildman–Crippen LogP) is 6.09. The van der Waals surface area contributed by atoms with Crippen LogP contribution in [0, 0.1) is 0 Å². The summed E-state index contributed by atoms with van der Waals surface area (Å²) in [6, 6.07) is 0. The van der Waals surface area contributed by atoms with Gasteiger partial charge in [0.05, 0.1) is 12.5 Å². The lowest BCUT2D eigenvalue weighted by molar-refractivity contribution is -0.157. The number of hydrogen-bond donors (Lipinski definition) is 0. The fraction of sp³-hybridized carbons (Fsp3) is 0.909. The molecule has 0 amide bonds. The van der Waals surface area contributed by atoms with Crippen molar-refractivity contribution in [2.24, 2.45) is 0 Å². The van der Waals surface area contributed by atoms with Crippen LogP contribution < -0.4 is 0 Å². The fourth-order valence-electron chi connectivity index (χ4n) is 2.28. The summed E-state index contributed by atoms with van der Waals surface area (Å²) in [4.78, 5) is 24.4. The third-order valence-corrected chi connectivity index (χ3v) is 15.0.